The van der Waals surface area contributed by atoms with Gasteiger partial charge in [-0.25, -0.2) is 0 Å². The number of likely N-dealkylation sites (tertiary alicyclic amines) is 1. The third-order valence-corrected chi connectivity index (χ3v) is 5.48. The first-order chi connectivity index (χ1) is 13.3. The number of rotatable bonds is 6. The van der Waals surface area contributed by atoms with E-state index in [0.717, 1.165) is 37.6 Å². The van der Waals surface area contributed by atoms with Gasteiger partial charge in [0.2, 0.25) is 0 Å². The van der Waals surface area contributed by atoms with Crippen LogP contribution in [0.5, 0.6) is 0 Å². The van der Waals surface area contributed by atoms with Crippen molar-refractivity contribution in [2.45, 2.75) is 32.4 Å². The Morgan fingerprint density at radius 1 is 1.11 bits per heavy atom. The number of hydrogen-bond acceptors (Lipinski definition) is 5. The Morgan fingerprint density at radius 3 is 2.74 bits per heavy atom. The first kappa shape index (κ1) is 18.0. The predicted octanol–water partition coefficient (Wildman–Crippen LogP) is 3.37. The molecule has 1 N–H and O–H groups in total. The summed E-state index contributed by atoms with van der Waals surface area (Å²) in [5.41, 5.74) is 3.72. The van der Waals surface area contributed by atoms with Crippen LogP contribution in [0.25, 0.3) is 0 Å². The van der Waals surface area contributed by atoms with Gasteiger partial charge in [0.25, 0.3) is 0 Å². The number of hydrogen-bond donors (Lipinski definition) is 1. The van der Waals surface area contributed by atoms with Crippen molar-refractivity contribution in [3.8, 4) is 0 Å². The van der Waals surface area contributed by atoms with Gasteiger partial charge in [-0.3, -0.25) is 19.7 Å². The topological polar surface area (TPSA) is 57.6 Å². The molecule has 4 rings (SSSR count). The van der Waals surface area contributed by atoms with Crippen molar-refractivity contribution < 1.29 is 4.79 Å². The molecule has 0 saturated carbocycles. The van der Waals surface area contributed by atoms with Crippen LogP contribution in [-0.2, 0) is 13.1 Å². The lowest BCUT2D eigenvalue weighted by molar-refractivity contribution is 0.100. The molecule has 140 valence electrons. The molecule has 5 nitrogen and oxygen atoms in total. The number of aromatic nitrogens is 1. The van der Waals surface area contributed by atoms with E-state index >= 15 is 0 Å². The van der Waals surface area contributed by atoms with Gasteiger partial charge < -0.3 is 5.32 Å². The molecule has 0 unspecified atom stereocenters. The maximum atomic E-state index is 12.0. The monoisotopic (exact) mass is 362 g/mol. The molecule has 5 heteroatoms. The SMILES string of the molecule is O=C1CC=Nc2c1ccnc2CNCC1CCN(Cc2ccccc2)CC1. The second-order valence-electron chi connectivity index (χ2n) is 7.43. The highest BCUT2D eigenvalue weighted by Crippen LogP contribution is 2.26. The van der Waals surface area contributed by atoms with E-state index in [-0.39, 0.29) is 5.78 Å². The first-order valence-corrected chi connectivity index (χ1v) is 9.80. The summed E-state index contributed by atoms with van der Waals surface area (Å²) in [5, 5.41) is 3.53. The molecule has 2 aliphatic heterocycles. The molecule has 1 saturated heterocycles. The molecule has 1 aromatic heterocycles. The van der Waals surface area contributed by atoms with Crippen molar-refractivity contribution in [2.75, 3.05) is 19.6 Å². The van der Waals surface area contributed by atoms with Crippen LogP contribution in [0.2, 0.25) is 0 Å². The van der Waals surface area contributed by atoms with E-state index < -0.39 is 0 Å². The van der Waals surface area contributed by atoms with Gasteiger partial charge >= 0.3 is 0 Å². The van der Waals surface area contributed by atoms with Crippen molar-refractivity contribution >= 4 is 17.7 Å². The van der Waals surface area contributed by atoms with E-state index in [1.54, 1.807) is 18.5 Å². The summed E-state index contributed by atoms with van der Waals surface area (Å²) in [6, 6.07) is 12.5. The van der Waals surface area contributed by atoms with Gasteiger partial charge in [0.05, 0.1) is 11.4 Å². The highest BCUT2D eigenvalue weighted by atomic mass is 16.1. The average molecular weight is 362 g/mol. The molecule has 0 atom stereocenters. The van der Waals surface area contributed by atoms with E-state index in [2.05, 4.69) is 50.5 Å². The van der Waals surface area contributed by atoms with Crippen LogP contribution < -0.4 is 5.32 Å². The zero-order valence-corrected chi connectivity index (χ0v) is 15.6. The Kier molecular flexibility index (Phi) is 5.70. The lowest BCUT2D eigenvalue weighted by Crippen LogP contribution is -2.36. The van der Waals surface area contributed by atoms with Gasteiger partial charge in [-0.05, 0) is 50.0 Å². The summed E-state index contributed by atoms with van der Waals surface area (Å²) in [6.07, 6.45) is 6.24. The molecule has 1 aromatic carbocycles. The van der Waals surface area contributed by atoms with Crippen LogP contribution in [0.1, 0.15) is 40.9 Å². The van der Waals surface area contributed by atoms with E-state index in [1.807, 2.05) is 0 Å². The maximum Gasteiger partial charge on any atom is 0.170 e. The Hall–Kier alpha value is -2.37. The Morgan fingerprint density at radius 2 is 1.93 bits per heavy atom. The third-order valence-electron chi connectivity index (χ3n) is 5.48. The minimum absolute atomic E-state index is 0.134. The number of carbonyl (C=O) groups excluding carboxylic acids is 1. The molecule has 0 spiro atoms. The maximum absolute atomic E-state index is 12.0. The second-order valence-corrected chi connectivity index (χ2v) is 7.43. The van der Waals surface area contributed by atoms with E-state index in [1.165, 1.54) is 18.4 Å². The van der Waals surface area contributed by atoms with Gasteiger partial charge in [-0.2, -0.15) is 0 Å². The molecule has 0 radical (unpaired) electrons. The Balaban J connectivity index is 1.24. The van der Waals surface area contributed by atoms with Crippen molar-refractivity contribution in [3.05, 3.63) is 59.4 Å². The van der Waals surface area contributed by atoms with E-state index in [9.17, 15) is 4.79 Å². The van der Waals surface area contributed by atoms with Crippen LogP contribution in [0.3, 0.4) is 0 Å². The molecular weight excluding hydrogens is 336 g/mol. The summed E-state index contributed by atoms with van der Waals surface area (Å²) in [5.74, 6) is 0.830. The van der Waals surface area contributed by atoms with Crippen LogP contribution >= 0.6 is 0 Å². The molecule has 1 fully saturated rings. The summed E-state index contributed by atoms with van der Waals surface area (Å²) in [4.78, 5) is 23.4. The largest absolute Gasteiger partial charge is 0.311 e. The number of nitrogens with zero attached hydrogens (tertiary/aromatic N) is 3. The quantitative estimate of drug-likeness (QED) is 0.856. The molecule has 3 heterocycles. The van der Waals surface area contributed by atoms with Gasteiger partial charge in [0, 0.05) is 37.5 Å². The van der Waals surface area contributed by atoms with E-state index in [0.29, 0.717) is 24.4 Å². The van der Waals surface area contributed by atoms with Crippen LogP contribution in [-0.4, -0.2) is 41.5 Å². The number of Topliss-reactive ketones (excluding diaryl/α,β-unsaturated/α-hetero) is 1. The average Bonchev–Trinajstić information content (AvgIpc) is 2.71. The summed E-state index contributed by atoms with van der Waals surface area (Å²) in [6.45, 7) is 5.01. The lowest BCUT2D eigenvalue weighted by Gasteiger charge is -2.32. The molecule has 2 aromatic rings. The van der Waals surface area contributed by atoms with Crippen molar-refractivity contribution in [3.63, 3.8) is 0 Å². The van der Waals surface area contributed by atoms with Crippen molar-refractivity contribution in [1.82, 2.24) is 15.2 Å². The third kappa shape index (κ3) is 4.49. The molecule has 27 heavy (non-hydrogen) atoms. The number of aliphatic imine (C=N–C) groups is 1. The van der Waals surface area contributed by atoms with Gasteiger partial charge in [-0.15, -0.1) is 0 Å². The summed E-state index contributed by atoms with van der Waals surface area (Å²) < 4.78 is 0. The van der Waals surface area contributed by atoms with Crippen LogP contribution in [0, 0.1) is 5.92 Å². The number of piperidine rings is 1. The zero-order chi connectivity index (χ0) is 18.5. The zero-order valence-electron chi connectivity index (χ0n) is 15.6. The van der Waals surface area contributed by atoms with Crippen LogP contribution in [0.15, 0.2) is 47.6 Å². The fourth-order valence-electron chi connectivity index (χ4n) is 3.91. The van der Waals surface area contributed by atoms with Gasteiger partial charge in [0.1, 0.15) is 0 Å². The van der Waals surface area contributed by atoms with Gasteiger partial charge in [-0.1, -0.05) is 30.3 Å². The van der Waals surface area contributed by atoms with Gasteiger partial charge in [0.15, 0.2) is 5.78 Å². The van der Waals surface area contributed by atoms with Crippen molar-refractivity contribution in [1.29, 1.82) is 0 Å². The standard InChI is InChI=1S/C22H26N4O/c27-21-7-11-25-22-19(21)6-10-24-20(22)15-23-14-17-8-12-26(13-9-17)16-18-4-2-1-3-5-18/h1-6,10-11,17,23H,7-9,12-16H2. The Bertz CT molecular complexity index is 810. The first-order valence-electron chi connectivity index (χ1n) is 9.80. The summed E-state index contributed by atoms with van der Waals surface area (Å²) in [7, 11) is 0. The highest BCUT2D eigenvalue weighted by Gasteiger charge is 2.20. The number of ketones is 1. The fourth-order valence-corrected chi connectivity index (χ4v) is 3.91. The number of fused-ring (bicyclic) bond motifs is 1. The molecular formula is C22H26N4O. The highest BCUT2D eigenvalue weighted by molar-refractivity contribution is 6.10. The van der Waals surface area contributed by atoms with E-state index in [4.69, 9.17) is 0 Å². The second kappa shape index (κ2) is 8.55. The molecule has 0 amide bonds. The molecule has 0 aliphatic carbocycles. The van der Waals surface area contributed by atoms with Crippen molar-refractivity contribution in [2.24, 2.45) is 10.9 Å². The number of nitrogens with one attached hydrogen (secondary N) is 1. The summed E-state index contributed by atoms with van der Waals surface area (Å²) >= 11 is 0. The predicted molar refractivity (Wildman–Crippen MR) is 107 cm³/mol. The Labute approximate surface area is 160 Å². The normalized spacial score (nSPS) is 17.9. The number of carbonyl (C=O) groups is 1. The fraction of sp³-hybridized carbons (Fsp3) is 0.409. The number of benzene rings is 1. The molecule has 2 aliphatic rings. The minimum atomic E-state index is 0.134. The smallest absolute Gasteiger partial charge is 0.170 e. The minimum Gasteiger partial charge on any atom is -0.311 e. The lowest BCUT2D eigenvalue weighted by atomic mass is 9.96. The van der Waals surface area contributed by atoms with Crippen LogP contribution in [0.4, 0.5) is 5.69 Å². The molecule has 0 bridgehead atoms. The number of pyridine rings is 1.